The quantitative estimate of drug-likeness (QED) is 0.685. The minimum absolute atomic E-state index is 0.460. The number of aryl methyl sites for hydroxylation is 1. The average molecular weight is 350 g/mol. The van der Waals surface area contributed by atoms with E-state index in [4.69, 9.17) is 11.6 Å². The predicted octanol–water partition coefficient (Wildman–Crippen LogP) is 5.11. The van der Waals surface area contributed by atoms with Crippen LogP contribution < -0.4 is 10.6 Å². The molecular weight excluding hydrogens is 334 g/mol. The summed E-state index contributed by atoms with van der Waals surface area (Å²) in [5.74, 6) is 1.07. The maximum absolute atomic E-state index is 9.21. The second kappa shape index (κ2) is 7.20. The molecule has 0 saturated heterocycles. The van der Waals surface area contributed by atoms with Gasteiger partial charge in [0.1, 0.15) is 11.9 Å². The highest BCUT2D eigenvalue weighted by Gasteiger charge is 2.08. The van der Waals surface area contributed by atoms with Crippen LogP contribution in [-0.4, -0.2) is 9.97 Å². The molecule has 124 valence electrons. The van der Waals surface area contributed by atoms with Crippen molar-refractivity contribution in [2.45, 2.75) is 13.8 Å². The second-order valence-corrected chi connectivity index (χ2v) is 5.95. The number of aromatic nitrogens is 2. The van der Waals surface area contributed by atoms with E-state index >= 15 is 0 Å². The lowest BCUT2D eigenvalue weighted by atomic mass is 10.2. The van der Waals surface area contributed by atoms with Crippen LogP contribution in [0.5, 0.6) is 0 Å². The Bertz CT molecular complexity index is 962. The Morgan fingerprint density at radius 3 is 2.52 bits per heavy atom. The molecule has 3 aromatic rings. The molecule has 0 unspecified atom stereocenters. The first-order valence-corrected chi connectivity index (χ1v) is 8.08. The standard InChI is InChI=1S/C19H16ClN5/c1-12-10-18(23-17-8-4-3-6-14(17)11-21)25-19(22-12)24-16-9-5-7-15(20)13(16)2/h3-10H,1-2H3,(H2,22,23,24,25). The summed E-state index contributed by atoms with van der Waals surface area (Å²) >= 11 is 6.16. The van der Waals surface area contributed by atoms with Crippen LogP contribution in [0.25, 0.3) is 0 Å². The third-order valence-corrected chi connectivity index (χ3v) is 4.09. The summed E-state index contributed by atoms with van der Waals surface area (Å²) in [4.78, 5) is 8.90. The largest absolute Gasteiger partial charge is 0.339 e. The first-order valence-electron chi connectivity index (χ1n) is 7.71. The number of nitrogens with one attached hydrogen (secondary N) is 2. The molecular formula is C19H16ClN5. The highest BCUT2D eigenvalue weighted by molar-refractivity contribution is 6.31. The predicted molar refractivity (Wildman–Crippen MR) is 101 cm³/mol. The summed E-state index contributed by atoms with van der Waals surface area (Å²) in [6.45, 7) is 3.82. The van der Waals surface area contributed by atoms with Crippen molar-refractivity contribution in [2.24, 2.45) is 0 Å². The van der Waals surface area contributed by atoms with Crippen LogP contribution >= 0.6 is 11.6 Å². The van der Waals surface area contributed by atoms with Crippen molar-refractivity contribution in [1.82, 2.24) is 9.97 Å². The van der Waals surface area contributed by atoms with E-state index in [1.54, 1.807) is 6.07 Å². The maximum atomic E-state index is 9.21. The Kier molecular flexibility index (Phi) is 4.82. The van der Waals surface area contributed by atoms with Crippen molar-refractivity contribution in [3.63, 3.8) is 0 Å². The highest BCUT2D eigenvalue weighted by atomic mass is 35.5. The van der Waals surface area contributed by atoms with Crippen LogP contribution in [-0.2, 0) is 0 Å². The number of rotatable bonds is 4. The first kappa shape index (κ1) is 16.7. The molecule has 0 bridgehead atoms. The number of hydrogen-bond acceptors (Lipinski definition) is 5. The lowest BCUT2D eigenvalue weighted by Crippen LogP contribution is -2.04. The summed E-state index contributed by atoms with van der Waals surface area (Å²) in [6.07, 6.45) is 0. The Balaban J connectivity index is 1.91. The van der Waals surface area contributed by atoms with Crippen LogP contribution in [0, 0.1) is 25.2 Å². The van der Waals surface area contributed by atoms with Crippen LogP contribution in [0.2, 0.25) is 5.02 Å². The minimum Gasteiger partial charge on any atom is -0.339 e. The van der Waals surface area contributed by atoms with Crippen molar-refractivity contribution in [1.29, 1.82) is 5.26 Å². The zero-order chi connectivity index (χ0) is 17.8. The molecule has 0 aliphatic rings. The fraction of sp³-hybridized carbons (Fsp3) is 0.105. The molecule has 0 aliphatic carbocycles. The van der Waals surface area contributed by atoms with Crippen molar-refractivity contribution in [3.05, 3.63) is 70.4 Å². The second-order valence-electron chi connectivity index (χ2n) is 5.54. The van der Waals surface area contributed by atoms with Gasteiger partial charge in [-0.2, -0.15) is 10.2 Å². The van der Waals surface area contributed by atoms with Gasteiger partial charge < -0.3 is 10.6 Å². The number of nitriles is 1. The fourth-order valence-electron chi connectivity index (χ4n) is 2.38. The van der Waals surface area contributed by atoms with Gasteiger partial charge in [-0.05, 0) is 43.7 Å². The lowest BCUT2D eigenvalue weighted by molar-refractivity contribution is 1.10. The van der Waals surface area contributed by atoms with E-state index in [2.05, 4.69) is 26.7 Å². The van der Waals surface area contributed by atoms with Gasteiger partial charge in [0, 0.05) is 22.5 Å². The molecule has 1 heterocycles. The average Bonchev–Trinajstić information content (AvgIpc) is 2.59. The molecule has 5 nitrogen and oxygen atoms in total. The zero-order valence-electron chi connectivity index (χ0n) is 13.8. The summed E-state index contributed by atoms with van der Waals surface area (Å²) in [5.41, 5.74) is 3.83. The Morgan fingerprint density at radius 1 is 0.960 bits per heavy atom. The van der Waals surface area contributed by atoms with Gasteiger partial charge in [-0.1, -0.05) is 29.8 Å². The van der Waals surface area contributed by atoms with Crippen LogP contribution in [0.1, 0.15) is 16.8 Å². The van der Waals surface area contributed by atoms with Gasteiger partial charge in [-0.15, -0.1) is 0 Å². The molecule has 2 aromatic carbocycles. The van der Waals surface area contributed by atoms with Crippen LogP contribution in [0.15, 0.2) is 48.5 Å². The van der Waals surface area contributed by atoms with Crippen molar-refractivity contribution in [2.75, 3.05) is 10.6 Å². The third kappa shape index (κ3) is 3.87. The normalized spacial score (nSPS) is 10.2. The van der Waals surface area contributed by atoms with Gasteiger partial charge in [0.25, 0.3) is 0 Å². The first-order chi connectivity index (χ1) is 12.1. The maximum Gasteiger partial charge on any atom is 0.229 e. The monoisotopic (exact) mass is 349 g/mol. The Labute approximate surface area is 151 Å². The fourth-order valence-corrected chi connectivity index (χ4v) is 2.55. The van der Waals surface area contributed by atoms with Gasteiger partial charge in [-0.3, -0.25) is 0 Å². The summed E-state index contributed by atoms with van der Waals surface area (Å²) in [5, 5.41) is 16.3. The SMILES string of the molecule is Cc1cc(Nc2ccccc2C#N)nc(Nc2cccc(Cl)c2C)n1. The molecule has 6 heteroatoms. The molecule has 0 spiro atoms. The molecule has 0 aliphatic heterocycles. The lowest BCUT2D eigenvalue weighted by Gasteiger charge is -2.12. The molecule has 0 fully saturated rings. The van der Waals surface area contributed by atoms with Crippen molar-refractivity contribution in [3.8, 4) is 6.07 Å². The van der Waals surface area contributed by atoms with E-state index < -0.39 is 0 Å². The number of nitrogens with zero attached hydrogens (tertiary/aromatic N) is 3. The summed E-state index contributed by atoms with van der Waals surface area (Å²) in [6, 6.07) is 16.9. The van der Waals surface area contributed by atoms with E-state index in [1.165, 1.54) is 0 Å². The smallest absolute Gasteiger partial charge is 0.229 e. The Morgan fingerprint density at radius 2 is 1.72 bits per heavy atom. The van der Waals surface area contributed by atoms with E-state index in [1.807, 2.05) is 56.3 Å². The molecule has 0 amide bonds. The van der Waals surface area contributed by atoms with Gasteiger partial charge in [-0.25, -0.2) is 4.98 Å². The highest BCUT2D eigenvalue weighted by Crippen LogP contribution is 2.26. The molecule has 0 atom stereocenters. The van der Waals surface area contributed by atoms with E-state index in [0.29, 0.717) is 28.0 Å². The van der Waals surface area contributed by atoms with Gasteiger partial charge in [0.15, 0.2) is 0 Å². The van der Waals surface area contributed by atoms with E-state index in [0.717, 1.165) is 16.9 Å². The number of benzene rings is 2. The van der Waals surface area contributed by atoms with Crippen LogP contribution in [0.4, 0.5) is 23.1 Å². The molecule has 25 heavy (non-hydrogen) atoms. The summed E-state index contributed by atoms with van der Waals surface area (Å²) in [7, 11) is 0. The molecule has 0 radical (unpaired) electrons. The number of para-hydroxylation sites is 1. The number of hydrogen-bond donors (Lipinski definition) is 2. The molecule has 2 N–H and O–H groups in total. The van der Waals surface area contributed by atoms with E-state index in [-0.39, 0.29) is 0 Å². The minimum atomic E-state index is 0.460. The zero-order valence-corrected chi connectivity index (χ0v) is 14.6. The van der Waals surface area contributed by atoms with Gasteiger partial charge in [0.2, 0.25) is 5.95 Å². The van der Waals surface area contributed by atoms with Crippen molar-refractivity contribution >= 4 is 34.7 Å². The summed E-state index contributed by atoms with van der Waals surface area (Å²) < 4.78 is 0. The third-order valence-electron chi connectivity index (χ3n) is 3.68. The Hall–Kier alpha value is -3.10. The van der Waals surface area contributed by atoms with E-state index in [9.17, 15) is 5.26 Å². The number of halogens is 1. The van der Waals surface area contributed by atoms with Crippen molar-refractivity contribution < 1.29 is 0 Å². The van der Waals surface area contributed by atoms with Gasteiger partial charge in [0.05, 0.1) is 11.3 Å². The van der Waals surface area contributed by atoms with Gasteiger partial charge >= 0.3 is 0 Å². The molecule has 3 rings (SSSR count). The molecule has 1 aromatic heterocycles. The van der Waals surface area contributed by atoms with Crippen LogP contribution in [0.3, 0.4) is 0 Å². The number of anilines is 4. The topological polar surface area (TPSA) is 73.6 Å². The molecule has 0 saturated carbocycles.